The van der Waals surface area contributed by atoms with Crippen LogP contribution in [0, 0.1) is 17.1 Å². The molecule has 0 aliphatic carbocycles. The van der Waals surface area contributed by atoms with Crippen LogP contribution in [-0.2, 0) is 0 Å². The summed E-state index contributed by atoms with van der Waals surface area (Å²) in [6, 6.07) is 5.45. The second kappa shape index (κ2) is 5.08. The predicted molar refractivity (Wildman–Crippen MR) is 61.3 cm³/mol. The van der Waals surface area contributed by atoms with Gasteiger partial charge in [0.15, 0.2) is 0 Å². The Kier molecular flexibility index (Phi) is 4.02. The lowest BCUT2D eigenvalue weighted by Crippen LogP contribution is -2.34. The lowest BCUT2D eigenvalue weighted by molar-refractivity contribution is 0.0773. The van der Waals surface area contributed by atoms with Crippen molar-refractivity contribution in [2.24, 2.45) is 0 Å². The molecule has 1 aromatic carbocycles. The molecule has 0 aliphatic rings. The second-order valence-corrected chi connectivity index (χ2v) is 4.20. The summed E-state index contributed by atoms with van der Waals surface area (Å²) >= 11 is 3.01. The van der Waals surface area contributed by atoms with Gasteiger partial charge < -0.3 is 4.90 Å². The van der Waals surface area contributed by atoms with Crippen LogP contribution in [0.3, 0.4) is 0 Å². The SMILES string of the molecule is CC(C#N)N(C)C(=O)c1ccc(F)c(Br)c1. The largest absolute Gasteiger partial charge is 0.326 e. The zero-order valence-corrected chi connectivity index (χ0v) is 10.5. The van der Waals surface area contributed by atoms with E-state index in [0.717, 1.165) is 0 Å². The van der Waals surface area contributed by atoms with Gasteiger partial charge in [-0.3, -0.25) is 4.79 Å². The van der Waals surface area contributed by atoms with Crippen molar-refractivity contribution < 1.29 is 9.18 Å². The van der Waals surface area contributed by atoms with Crippen molar-refractivity contribution in [2.45, 2.75) is 13.0 Å². The summed E-state index contributed by atoms with van der Waals surface area (Å²) in [7, 11) is 1.54. The van der Waals surface area contributed by atoms with E-state index < -0.39 is 11.9 Å². The number of hydrogen-bond donors (Lipinski definition) is 0. The molecule has 0 radical (unpaired) electrons. The van der Waals surface area contributed by atoms with Gasteiger partial charge in [-0.2, -0.15) is 5.26 Å². The van der Waals surface area contributed by atoms with Crippen molar-refractivity contribution in [1.29, 1.82) is 5.26 Å². The number of nitrogens with zero attached hydrogens (tertiary/aromatic N) is 2. The Bertz CT molecular complexity index is 456. The Balaban J connectivity index is 2.98. The molecule has 0 fully saturated rings. The first-order chi connectivity index (χ1) is 7.47. The Morgan fingerprint density at radius 2 is 2.25 bits per heavy atom. The lowest BCUT2D eigenvalue weighted by Gasteiger charge is -2.19. The van der Waals surface area contributed by atoms with Crippen molar-refractivity contribution in [3.8, 4) is 6.07 Å². The minimum absolute atomic E-state index is 0.233. The zero-order valence-electron chi connectivity index (χ0n) is 8.87. The molecule has 3 nitrogen and oxygen atoms in total. The van der Waals surface area contributed by atoms with E-state index in [9.17, 15) is 9.18 Å². The van der Waals surface area contributed by atoms with E-state index in [-0.39, 0.29) is 10.4 Å². The van der Waals surface area contributed by atoms with Crippen LogP contribution in [0.2, 0.25) is 0 Å². The van der Waals surface area contributed by atoms with Gasteiger partial charge in [-0.05, 0) is 41.1 Å². The fourth-order valence-electron chi connectivity index (χ4n) is 1.10. The third-order valence-electron chi connectivity index (χ3n) is 2.25. The van der Waals surface area contributed by atoms with E-state index in [2.05, 4.69) is 15.9 Å². The van der Waals surface area contributed by atoms with Gasteiger partial charge in [-0.1, -0.05) is 0 Å². The summed E-state index contributed by atoms with van der Waals surface area (Å²) in [5.41, 5.74) is 0.345. The number of carbonyl (C=O) groups excluding carboxylic acids is 1. The number of nitriles is 1. The van der Waals surface area contributed by atoms with Crippen LogP contribution in [0.15, 0.2) is 22.7 Å². The molecule has 0 saturated carbocycles. The van der Waals surface area contributed by atoms with Crippen molar-refractivity contribution in [3.63, 3.8) is 0 Å². The number of benzene rings is 1. The second-order valence-electron chi connectivity index (χ2n) is 3.35. The number of amides is 1. The van der Waals surface area contributed by atoms with E-state index in [4.69, 9.17) is 5.26 Å². The van der Waals surface area contributed by atoms with Crippen LogP contribution >= 0.6 is 15.9 Å². The highest BCUT2D eigenvalue weighted by Crippen LogP contribution is 2.18. The van der Waals surface area contributed by atoms with Gasteiger partial charge in [-0.25, -0.2) is 4.39 Å². The first kappa shape index (κ1) is 12.7. The first-order valence-electron chi connectivity index (χ1n) is 4.59. The molecule has 5 heteroatoms. The Labute approximate surface area is 102 Å². The maximum Gasteiger partial charge on any atom is 0.254 e. The number of hydrogen-bond acceptors (Lipinski definition) is 2. The summed E-state index contributed by atoms with van der Waals surface area (Å²) in [6.07, 6.45) is 0. The quantitative estimate of drug-likeness (QED) is 0.838. The molecule has 1 rings (SSSR count). The third kappa shape index (κ3) is 2.58. The molecule has 0 spiro atoms. The van der Waals surface area contributed by atoms with E-state index in [1.165, 1.54) is 30.1 Å². The van der Waals surface area contributed by atoms with Gasteiger partial charge in [0.25, 0.3) is 5.91 Å². The van der Waals surface area contributed by atoms with Gasteiger partial charge in [-0.15, -0.1) is 0 Å². The Morgan fingerprint density at radius 1 is 1.62 bits per heavy atom. The van der Waals surface area contributed by atoms with Gasteiger partial charge in [0.2, 0.25) is 0 Å². The predicted octanol–water partition coefficient (Wildman–Crippen LogP) is 2.57. The van der Waals surface area contributed by atoms with Crippen LogP contribution in [0.1, 0.15) is 17.3 Å². The van der Waals surface area contributed by atoms with E-state index in [0.29, 0.717) is 5.56 Å². The summed E-state index contributed by atoms with van der Waals surface area (Å²) in [5.74, 6) is -0.734. The van der Waals surface area contributed by atoms with E-state index >= 15 is 0 Å². The highest BCUT2D eigenvalue weighted by molar-refractivity contribution is 9.10. The number of halogens is 2. The third-order valence-corrected chi connectivity index (χ3v) is 2.86. The molecule has 0 heterocycles. The lowest BCUT2D eigenvalue weighted by atomic mass is 10.2. The Hall–Kier alpha value is -1.41. The molecule has 1 amide bonds. The fraction of sp³-hybridized carbons (Fsp3) is 0.273. The normalized spacial score (nSPS) is 11.7. The maximum atomic E-state index is 13.0. The van der Waals surface area contributed by atoms with Crippen LogP contribution < -0.4 is 0 Å². The smallest absolute Gasteiger partial charge is 0.254 e. The summed E-state index contributed by atoms with van der Waals surface area (Å²) < 4.78 is 13.2. The molecule has 0 saturated heterocycles. The zero-order chi connectivity index (χ0) is 12.3. The van der Waals surface area contributed by atoms with Crippen LogP contribution in [0.5, 0.6) is 0 Å². The average Bonchev–Trinajstić information content (AvgIpc) is 2.29. The van der Waals surface area contributed by atoms with Crippen molar-refractivity contribution >= 4 is 21.8 Å². The minimum Gasteiger partial charge on any atom is -0.326 e. The van der Waals surface area contributed by atoms with Crippen molar-refractivity contribution in [3.05, 3.63) is 34.1 Å². The van der Waals surface area contributed by atoms with Crippen LogP contribution in [0.4, 0.5) is 4.39 Å². The fourth-order valence-corrected chi connectivity index (χ4v) is 1.47. The molecule has 1 atom stereocenters. The van der Waals surface area contributed by atoms with Gasteiger partial charge >= 0.3 is 0 Å². The molecule has 0 N–H and O–H groups in total. The number of carbonyl (C=O) groups is 1. The highest BCUT2D eigenvalue weighted by atomic mass is 79.9. The van der Waals surface area contributed by atoms with E-state index in [1.54, 1.807) is 6.92 Å². The first-order valence-corrected chi connectivity index (χ1v) is 5.38. The molecular weight excluding hydrogens is 275 g/mol. The van der Waals surface area contributed by atoms with Gasteiger partial charge in [0.05, 0.1) is 10.5 Å². The molecule has 1 aromatic rings. The maximum absolute atomic E-state index is 13.0. The van der Waals surface area contributed by atoms with Crippen molar-refractivity contribution in [2.75, 3.05) is 7.05 Å². The minimum atomic E-state index is -0.517. The molecule has 0 aromatic heterocycles. The molecule has 84 valence electrons. The van der Waals surface area contributed by atoms with Crippen LogP contribution in [0.25, 0.3) is 0 Å². The summed E-state index contributed by atoms with van der Waals surface area (Å²) in [4.78, 5) is 13.1. The molecule has 0 aliphatic heterocycles. The molecule has 0 bridgehead atoms. The van der Waals surface area contributed by atoms with E-state index in [1.807, 2.05) is 6.07 Å². The summed E-state index contributed by atoms with van der Waals surface area (Å²) in [6.45, 7) is 1.62. The van der Waals surface area contributed by atoms with Gasteiger partial charge in [0.1, 0.15) is 11.9 Å². The molecule has 1 unspecified atom stereocenters. The standard InChI is InChI=1S/C11H10BrFN2O/c1-7(6-14)15(2)11(16)8-3-4-10(13)9(12)5-8/h3-5,7H,1-2H3. The summed E-state index contributed by atoms with van der Waals surface area (Å²) in [5, 5.41) is 8.69. The average molecular weight is 285 g/mol. The Morgan fingerprint density at radius 3 is 2.75 bits per heavy atom. The van der Waals surface area contributed by atoms with Crippen LogP contribution in [-0.4, -0.2) is 23.9 Å². The van der Waals surface area contributed by atoms with Gasteiger partial charge in [0, 0.05) is 12.6 Å². The highest BCUT2D eigenvalue weighted by Gasteiger charge is 2.17. The van der Waals surface area contributed by atoms with Crippen molar-refractivity contribution in [1.82, 2.24) is 4.90 Å². The monoisotopic (exact) mass is 284 g/mol. The molecular formula is C11H10BrFN2O. The topological polar surface area (TPSA) is 44.1 Å². The number of rotatable bonds is 2. The molecule has 16 heavy (non-hydrogen) atoms.